The zero-order valence-corrected chi connectivity index (χ0v) is 24.2. The second kappa shape index (κ2) is 13.3. The zero-order valence-electron chi connectivity index (χ0n) is 24.2. The van der Waals surface area contributed by atoms with Crippen molar-refractivity contribution in [3.63, 3.8) is 0 Å². The molecule has 0 N–H and O–H groups in total. The first-order chi connectivity index (χ1) is 21.9. The highest BCUT2D eigenvalue weighted by molar-refractivity contribution is 5.75. The van der Waals surface area contributed by atoms with Crippen LogP contribution in [-0.4, -0.2) is 0 Å². The van der Waals surface area contributed by atoms with Gasteiger partial charge in [-0.15, -0.1) is 0 Å². The molecule has 0 saturated heterocycles. The molecule has 1 nitrogen and oxygen atoms in total. The van der Waals surface area contributed by atoms with Crippen LogP contribution in [-0.2, 0) is 12.5 Å². The molecule has 0 aliphatic carbocycles. The Kier molecular flexibility index (Phi) is 9.46. The van der Waals surface area contributed by atoms with Crippen LogP contribution in [0.5, 0.6) is 5.75 Å². The van der Waals surface area contributed by atoms with E-state index >= 15 is 13.2 Å². The molecule has 0 amide bonds. The number of rotatable bonds is 10. The maximum Gasteiger partial charge on any atom is 0.429 e. The fourth-order valence-corrected chi connectivity index (χ4v) is 5.08. The van der Waals surface area contributed by atoms with Crippen LogP contribution in [0.2, 0.25) is 0 Å². The Morgan fingerprint density at radius 3 is 1.70 bits per heavy atom. The molecule has 5 aromatic rings. The lowest BCUT2D eigenvalue weighted by Crippen LogP contribution is -2.23. The normalized spacial score (nSPS) is 11.6. The van der Waals surface area contributed by atoms with Gasteiger partial charge in [-0.2, -0.15) is 8.78 Å². The van der Waals surface area contributed by atoms with E-state index in [2.05, 4.69) is 11.7 Å². The minimum atomic E-state index is -4.51. The lowest BCUT2D eigenvalue weighted by Gasteiger charge is -2.19. The quantitative estimate of drug-likeness (QED) is 0.0835. The van der Waals surface area contributed by atoms with Crippen molar-refractivity contribution >= 4 is 0 Å². The summed E-state index contributed by atoms with van der Waals surface area (Å²) >= 11 is 0. The van der Waals surface area contributed by atoms with Gasteiger partial charge in [0.1, 0.15) is 29.0 Å². The second-order valence-corrected chi connectivity index (χ2v) is 10.7. The molecule has 0 fully saturated rings. The number of alkyl halides is 2. The topological polar surface area (TPSA) is 9.23 Å². The van der Waals surface area contributed by atoms with E-state index in [4.69, 9.17) is 0 Å². The van der Waals surface area contributed by atoms with Gasteiger partial charge >= 0.3 is 6.11 Å². The number of halogens is 9. The summed E-state index contributed by atoms with van der Waals surface area (Å²) in [6.07, 6.45) is -0.265. The van der Waals surface area contributed by atoms with E-state index in [1.54, 1.807) is 6.07 Å². The van der Waals surface area contributed by atoms with Crippen molar-refractivity contribution in [3.8, 4) is 39.1 Å². The highest BCUT2D eigenvalue weighted by atomic mass is 19.3. The molecule has 10 heteroatoms. The molecule has 5 rings (SSSR count). The first-order valence-electron chi connectivity index (χ1n) is 14.3. The van der Waals surface area contributed by atoms with Crippen molar-refractivity contribution in [2.45, 2.75) is 38.7 Å². The number of ether oxygens (including phenoxy) is 1. The largest absolute Gasteiger partial charge is 0.429 e. The van der Waals surface area contributed by atoms with Crippen molar-refractivity contribution < 1.29 is 44.3 Å². The fraction of sp³-hybridized carbons (Fsp3) is 0.167. The van der Waals surface area contributed by atoms with Crippen molar-refractivity contribution in [1.29, 1.82) is 0 Å². The van der Waals surface area contributed by atoms with Crippen LogP contribution in [0.15, 0.2) is 84.9 Å². The van der Waals surface area contributed by atoms with Gasteiger partial charge in [0, 0.05) is 17.7 Å². The van der Waals surface area contributed by atoms with Gasteiger partial charge in [0.05, 0.1) is 11.1 Å². The molecule has 0 aliphatic rings. The van der Waals surface area contributed by atoms with Crippen molar-refractivity contribution in [2.75, 3.05) is 0 Å². The van der Waals surface area contributed by atoms with Crippen LogP contribution in [0.1, 0.15) is 37.3 Å². The number of unbranched alkanes of at least 4 members (excludes halogenated alkanes) is 2. The molecule has 0 spiro atoms. The minimum Gasteiger partial charge on any atom is -0.429 e. The fourth-order valence-electron chi connectivity index (χ4n) is 5.08. The highest BCUT2D eigenvalue weighted by Crippen LogP contribution is 2.38. The van der Waals surface area contributed by atoms with Crippen molar-refractivity contribution in [3.05, 3.63) is 137 Å². The van der Waals surface area contributed by atoms with Gasteiger partial charge in [0.15, 0.2) is 17.5 Å². The third kappa shape index (κ3) is 6.90. The smallest absolute Gasteiger partial charge is 0.429 e. The summed E-state index contributed by atoms with van der Waals surface area (Å²) in [5.41, 5.74) is -0.423. The molecule has 46 heavy (non-hydrogen) atoms. The summed E-state index contributed by atoms with van der Waals surface area (Å²) in [5.74, 6) is -11.5. The molecule has 238 valence electrons. The van der Waals surface area contributed by atoms with E-state index in [1.807, 2.05) is 24.3 Å². The summed E-state index contributed by atoms with van der Waals surface area (Å²) in [6.45, 7) is 2.12. The van der Waals surface area contributed by atoms with Crippen molar-refractivity contribution in [1.82, 2.24) is 0 Å². The summed E-state index contributed by atoms with van der Waals surface area (Å²) in [4.78, 5) is 0. The van der Waals surface area contributed by atoms with Gasteiger partial charge in [-0.05, 0) is 71.0 Å². The molecular weight excluding hydrogens is 619 g/mol. The third-order valence-corrected chi connectivity index (χ3v) is 7.45. The highest BCUT2D eigenvalue weighted by Gasteiger charge is 2.38. The van der Waals surface area contributed by atoms with Crippen molar-refractivity contribution in [2.24, 2.45) is 0 Å². The van der Waals surface area contributed by atoms with Gasteiger partial charge in [-0.3, -0.25) is 0 Å². The maximum atomic E-state index is 15.2. The monoisotopic (exact) mass is 644 g/mol. The summed E-state index contributed by atoms with van der Waals surface area (Å²) < 4.78 is 134. The van der Waals surface area contributed by atoms with E-state index in [1.165, 1.54) is 12.1 Å². The van der Waals surface area contributed by atoms with E-state index in [-0.39, 0.29) is 23.3 Å². The third-order valence-electron chi connectivity index (χ3n) is 7.45. The summed E-state index contributed by atoms with van der Waals surface area (Å²) in [6, 6.07) is 15.6. The molecular formula is C36H25F9O. The number of benzene rings is 5. The lowest BCUT2D eigenvalue weighted by molar-refractivity contribution is -0.187. The molecule has 0 bridgehead atoms. The number of hydrogen-bond donors (Lipinski definition) is 0. The predicted molar refractivity (Wildman–Crippen MR) is 157 cm³/mol. The van der Waals surface area contributed by atoms with E-state index in [0.717, 1.165) is 55.0 Å². The van der Waals surface area contributed by atoms with Gasteiger partial charge in [-0.25, -0.2) is 30.7 Å². The molecule has 0 radical (unpaired) electrons. The molecule has 0 heterocycles. The zero-order chi connectivity index (χ0) is 33.2. The molecule has 0 aliphatic heterocycles. The van der Waals surface area contributed by atoms with Crippen LogP contribution >= 0.6 is 0 Å². The molecule has 0 atom stereocenters. The van der Waals surface area contributed by atoms with E-state index < -0.39 is 69.3 Å². The Hall–Kier alpha value is -4.73. The number of aryl methyl sites for hydroxylation is 1. The minimum absolute atomic E-state index is 0.101. The van der Waals surface area contributed by atoms with Gasteiger partial charge < -0.3 is 4.74 Å². The SMILES string of the molecule is CCCCCc1ccc(-c2ccc(-c3cc(F)c(-c4ccc(C(F)(F)Oc5cc(F)c(F)c(F)c5)c(F)c4)c(F)c3)c(F)c2)cc1. The molecule has 0 unspecified atom stereocenters. The Bertz CT molecular complexity index is 1840. The Morgan fingerprint density at radius 2 is 1.11 bits per heavy atom. The summed E-state index contributed by atoms with van der Waals surface area (Å²) in [5, 5.41) is 0. The second-order valence-electron chi connectivity index (χ2n) is 10.7. The van der Waals surface area contributed by atoms with Crippen LogP contribution in [0.3, 0.4) is 0 Å². The average Bonchev–Trinajstić information content (AvgIpc) is 2.99. The number of hydrogen-bond acceptors (Lipinski definition) is 1. The van der Waals surface area contributed by atoms with Crippen LogP contribution in [0, 0.1) is 40.7 Å². The Balaban J connectivity index is 1.38. The predicted octanol–water partition coefficient (Wildman–Crippen LogP) is 11.5. The first-order valence-corrected chi connectivity index (χ1v) is 14.3. The Labute approximate surface area is 258 Å². The first kappa shape index (κ1) is 32.7. The Morgan fingerprint density at radius 1 is 0.543 bits per heavy atom. The molecule has 0 saturated carbocycles. The van der Waals surface area contributed by atoms with Crippen LogP contribution in [0.25, 0.3) is 33.4 Å². The van der Waals surface area contributed by atoms with Gasteiger partial charge in [0.25, 0.3) is 0 Å². The average molecular weight is 645 g/mol. The van der Waals surface area contributed by atoms with Gasteiger partial charge in [0.2, 0.25) is 0 Å². The van der Waals surface area contributed by atoms with Gasteiger partial charge in [-0.1, -0.05) is 62.2 Å². The maximum absolute atomic E-state index is 15.2. The van der Waals surface area contributed by atoms with E-state index in [9.17, 15) is 26.3 Å². The molecule has 5 aromatic carbocycles. The lowest BCUT2D eigenvalue weighted by atomic mass is 9.95. The van der Waals surface area contributed by atoms with E-state index in [0.29, 0.717) is 17.7 Å². The standard InChI is InChI=1S/C36H25F9O/c1-2-3-4-5-20-6-8-21(9-7-20)22-10-12-26(28(37)14-22)24-16-30(39)34(31(40)17-24)23-11-13-27(29(38)15-23)36(44,45)46-25-18-32(41)35(43)33(42)19-25/h6-19H,2-5H2,1H3. The summed E-state index contributed by atoms with van der Waals surface area (Å²) in [7, 11) is 0. The van der Waals surface area contributed by atoms with Crippen LogP contribution in [0.4, 0.5) is 39.5 Å². The van der Waals surface area contributed by atoms with Crippen LogP contribution < -0.4 is 4.74 Å². The molecule has 0 aromatic heterocycles.